The van der Waals surface area contributed by atoms with Gasteiger partial charge in [-0.2, -0.15) is 0 Å². The summed E-state index contributed by atoms with van der Waals surface area (Å²) >= 11 is 3.07. The summed E-state index contributed by atoms with van der Waals surface area (Å²) in [5, 5.41) is 2.95. The van der Waals surface area contributed by atoms with Gasteiger partial charge in [-0.3, -0.25) is 4.79 Å². The first-order chi connectivity index (χ1) is 8.50. The van der Waals surface area contributed by atoms with Gasteiger partial charge in [0.15, 0.2) is 0 Å². The molecule has 19 heavy (non-hydrogen) atoms. The summed E-state index contributed by atoms with van der Waals surface area (Å²) in [5.74, 6) is -0.679. The van der Waals surface area contributed by atoms with Crippen LogP contribution in [-0.4, -0.2) is 11.4 Å². The van der Waals surface area contributed by atoms with Crippen molar-refractivity contribution < 1.29 is 9.18 Å². The molecule has 2 nitrogen and oxygen atoms in total. The Labute approximate surface area is 122 Å². The van der Waals surface area contributed by atoms with E-state index in [-0.39, 0.29) is 16.9 Å². The van der Waals surface area contributed by atoms with Gasteiger partial charge in [-0.1, -0.05) is 20.8 Å². The molecule has 1 aromatic rings. The number of rotatable bonds is 3. The van der Waals surface area contributed by atoms with Crippen molar-refractivity contribution >= 4 is 21.8 Å². The zero-order valence-corrected chi connectivity index (χ0v) is 13.7. The number of carbonyl (C=O) groups is 1. The maximum Gasteiger partial charge on any atom is 0.251 e. The van der Waals surface area contributed by atoms with Gasteiger partial charge in [0.25, 0.3) is 5.91 Å². The SMILES string of the molecule is CC(C)(C)CC(C)(C)NC(=O)c1ccc(Br)c(F)c1. The largest absolute Gasteiger partial charge is 0.347 e. The standard InChI is InChI=1S/C15H21BrFNO/c1-14(2,3)9-15(4,5)18-13(19)10-6-7-11(16)12(17)8-10/h6-8H,9H2,1-5H3,(H,18,19). The molecular formula is C15H21BrFNO. The minimum absolute atomic E-state index is 0.113. The summed E-state index contributed by atoms with van der Waals surface area (Å²) in [7, 11) is 0. The predicted molar refractivity (Wildman–Crippen MR) is 79.7 cm³/mol. The quantitative estimate of drug-likeness (QED) is 0.867. The molecule has 1 aromatic carbocycles. The van der Waals surface area contributed by atoms with Crippen molar-refractivity contribution in [2.45, 2.75) is 46.6 Å². The van der Waals surface area contributed by atoms with E-state index in [1.54, 1.807) is 12.1 Å². The molecule has 1 N–H and O–H groups in total. The van der Waals surface area contributed by atoms with Gasteiger partial charge in [0.05, 0.1) is 4.47 Å². The number of nitrogens with one attached hydrogen (secondary N) is 1. The van der Waals surface area contributed by atoms with Crippen LogP contribution in [-0.2, 0) is 0 Å². The molecule has 0 fully saturated rings. The van der Waals surface area contributed by atoms with Crippen molar-refractivity contribution in [1.82, 2.24) is 5.32 Å². The average molecular weight is 330 g/mol. The fraction of sp³-hybridized carbons (Fsp3) is 0.533. The van der Waals surface area contributed by atoms with Gasteiger partial charge in [-0.15, -0.1) is 0 Å². The summed E-state index contributed by atoms with van der Waals surface area (Å²) in [5.41, 5.74) is 0.114. The molecule has 0 saturated heterocycles. The smallest absolute Gasteiger partial charge is 0.251 e. The zero-order chi connectivity index (χ0) is 14.8. The van der Waals surface area contributed by atoms with Crippen molar-refractivity contribution in [2.75, 3.05) is 0 Å². The summed E-state index contributed by atoms with van der Waals surface area (Å²) < 4.78 is 13.8. The second kappa shape index (κ2) is 5.61. The maximum absolute atomic E-state index is 13.4. The fourth-order valence-electron chi connectivity index (χ4n) is 2.39. The van der Waals surface area contributed by atoms with E-state index in [1.165, 1.54) is 6.07 Å². The van der Waals surface area contributed by atoms with Gasteiger partial charge in [0, 0.05) is 11.1 Å². The average Bonchev–Trinajstić information content (AvgIpc) is 2.17. The van der Waals surface area contributed by atoms with Crippen LogP contribution in [0.4, 0.5) is 4.39 Å². The van der Waals surface area contributed by atoms with E-state index < -0.39 is 5.82 Å². The van der Waals surface area contributed by atoms with Gasteiger partial charge >= 0.3 is 0 Å². The highest BCUT2D eigenvalue weighted by Gasteiger charge is 2.27. The normalized spacial score (nSPS) is 12.4. The van der Waals surface area contributed by atoms with Gasteiger partial charge in [-0.25, -0.2) is 4.39 Å². The van der Waals surface area contributed by atoms with Crippen molar-refractivity contribution in [2.24, 2.45) is 5.41 Å². The number of carbonyl (C=O) groups excluding carboxylic acids is 1. The van der Waals surface area contributed by atoms with E-state index in [9.17, 15) is 9.18 Å². The Kier molecular flexibility index (Phi) is 4.77. The van der Waals surface area contributed by atoms with Crippen LogP contribution in [0.25, 0.3) is 0 Å². The lowest BCUT2D eigenvalue weighted by Gasteiger charge is -2.33. The van der Waals surface area contributed by atoms with E-state index in [2.05, 4.69) is 42.0 Å². The Morgan fingerprint density at radius 2 is 1.84 bits per heavy atom. The van der Waals surface area contributed by atoms with Crippen LogP contribution >= 0.6 is 15.9 Å². The first-order valence-corrected chi connectivity index (χ1v) is 7.07. The summed E-state index contributed by atoms with van der Waals surface area (Å²) in [4.78, 5) is 12.1. The molecule has 1 rings (SSSR count). The second-order valence-corrected chi connectivity index (χ2v) is 7.56. The van der Waals surface area contributed by atoms with Gasteiger partial charge in [0.2, 0.25) is 0 Å². The highest BCUT2D eigenvalue weighted by molar-refractivity contribution is 9.10. The summed E-state index contributed by atoms with van der Waals surface area (Å²) in [6.45, 7) is 10.3. The minimum atomic E-state index is -0.429. The van der Waals surface area contributed by atoms with Crippen molar-refractivity contribution in [1.29, 1.82) is 0 Å². The Balaban J connectivity index is 2.81. The molecule has 0 aliphatic carbocycles. The molecule has 0 bridgehead atoms. The van der Waals surface area contributed by atoms with E-state index in [1.807, 2.05) is 13.8 Å². The molecule has 0 unspecified atom stereocenters. The Bertz CT molecular complexity index is 478. The number of halogens is 2. The van der Waals surface area contributed by atoms with Crippen LogP contribution in [0.5, 0.6) is 0 Å². The summed E-state index contributed by atoms with van der Waals surface area (Å²) in [6, 6.07) is 4.39. The van der Waals surface area contributed by atoms with Crippen molar-refractivity contribution in [3.05, 3.63) is 34.1 Å². The third-order valence-electron chi connectivity index (χ3n) is 2.61. The van der Waals surface area contributed by atoms with E-state index >= 15 is 0 Å². The lowest BCUT2D eigenvalue weighted by atomic mass is 9.81. The number of hydrogen-bond donors (Lipinski definition) is 1. The number of hydrogen-bond acceptors (Lipinski definition) is 1. The Morgan fingerprint density at radius 3 is 2.32 bits per heavy atom. The second-order valence-electron chi connectivity index (χ2n) is 6.70. The first-order valence-electron chi connectivity index (χ1n) is 6.28. The van der Waals surface area contributed by atoms with Crippen LogP contribution in [0.15, 0.2) is 22.7 Å². The van der Waals surface area contributed by atoms with Crippen LogP contribution < -0.4 is 5.32 Å². The lowest BCUT2D eigenvalue weighted by Crippen LogP contribution is -2.45. The molecule has 0 aliphatic rings. The molecule has 0 radical (unpaired) electrons. The lowest BCUT2D eigenvalue weighted by molar-refractivity contribution is 0.0891. The molecule has 0 saturated carbocycles. The Morgan fingerprint density at radius 1 is 1.26 bits per heavy atom. The topological polar surface area (TPSA) is 29.1 Å². The number of benzene rings is 1. The third kappa shape index (κ3) is 5.31. The molecule has 0 heterocycles. The molecule has 0 aliphatic heterocycles. The van der Waals surface area contributed by atoms with E-state index in [0.29, 0.717) is 10.0 Å². The highest BCUT2D eigenvalue weighted by Crippen LogP contribution is 2.27. The fourth-order valence-corrected chi connectivity index (χ4v) is 2.63. The highest BCUT2D eigenvalue weighted by atomic mass is 79.9. The van der Waals surface area contributed by atoms with Gasteiger partial charge < -0.3 is 5.32 Å². The van der Waals surface area contributed by atoms with Crippen molar-refractivity contribution in [3.8, 4) is 0 Å². The molecule has 0 aromatic heterocycles. The molecule has 4 heteroatoms. The molecule has 0 atom stereocenters. The van der Waals surface area contributed by atoms with E-state index in [0.717, 1.165) is 6.42 Å². The maximum atomic E-state index is 13.4. The summed E-state index contributed by atoms with van der Waals surface area (Å²) in [6.07, 6.45) is 0.838. The van der Waals surface area contributed by atoms with Crippen LogP contribution in [0.3, 0.4) is 0 Å². The third-order valence-corrected chi connectivity index (χ3v) is 3.25. The molecule has 1 amide bonds. The van der Waals surface area contributed by atoms with Crippen LogP contribution in [0.1, 0.15) is 51.4 Å². The molecule has 106 valence electrons. The van der Waals surface area contributed by atoms with Crippen LogP contribution in [0, 0.1) is 11.2 Å². The van der Waals surface area contributed by atoms with Gasteiger partial charge in [0.1, 0.15) is 5.82 Å². The first kappa shape index (κ1) is 16.2. The molecule has 0 spiro atoms. The van der Waals surface area contributed by atoms with Crippen molar-refractivity contribution in [3.63, 3.8) is 0 Å². The van der Waals surface area contributed by atoms with Gasteiger partial charge in [-0.05, 0) is 59.8 Å². The Hall–Kier alpha value is -0.900. The minimum Gasteiger partial charge on any atom is -0.347 e. The molecular weight excluding hydrogens is 309 g/mol. The zero-order valence-electron chi connectivity index (χ0n) is 12.1. The van der Waals surface area contributed by atoms with Crippen LogP contribution in [0.2, 0.25) is 0 Å². The predicted octanol–water partition coefficient (Wildman–Crippen LogP) is 4.53. The van der Waals surface area contributed by atoms with E-state index in [4.69, 9.17) is 0 Å². The monoisotopic (exact) mass is 329 g/mol. The number of amides is 1.